The van der Waals surface area contributed by atoms with Gasteiger partial charge >= 0.3 is 0 Å². The molecule has 0 saturated carbocycles. The van der Waals surface area contributed by atoms with E-state index >= 15 is 0 Å². The van der Waals surface area contributed by atoms with Gasteiger partial charge in [0.25, 0.3) is 5.91 Å². The molecule has 32 heavy (non-hydrogen) atoms. The maximum atomic E-state index is 12.6. The number of thiocarbonyl (C=S) groups is 1. The Labute approximate surface area is 217 Å². The first-order valence-corrected chi connectivity index (χ1v) is 12.5. The van der Waals surface area contributed by atoms with Gasteiger partial charge in [0.2, 0.25) is 3.79 Å². The first kappa shape index (κ1) is 27.0. The van der Waals surface area contributed by atoms with Crippen LogP contribution in [0.15, 0.2) is 53.0 Å². The molecule has 0 spiro atoms. The molecule has 0 aliphatic rings. The van der Waals surface area contributed by atoms with Crippen molar-refractivity contribution in [1.82, 2.24) is 10.6 Å². The number of hydrogen-bond acceptors (Lipinski definition) is 3. The van der Waals surface area contributed by atoms with Gasteiger partial charge in [-0.25, -0.2) is 0 Å². The van der Waals surface area contributed by atoms with Crippen molar-refractivity contribution in [2.45, 2.75) is 42.6 Å². The summed E-state index contributed by atoms with van der Waals surface area (Å²) in [6.45, 7) is 2.87. The second kappa shape index (κ2) is 13.5. The standard InChI is InChI=1S/C22H25BrCl3N3O2S/c1-2-3-4-5-13-31-18-11-9-17(10-12-18)27-21(32)29-20(22(24,25)26)28-19(30)15-7-6-8-16(23)14-15/h6-12,14,20H,2-5,13H2,1H3,(H,28,30)(H2,27,29,32). The zero-order chi connectivity index (χ0) is 23.6. The van der Waals surface area contributed by atoms with E-state index in [-0.39, 0.29) is 5.11 Å². The predicted octanol–water partition coefficient (Wildman–Crippen LogP) is 6.82. The molecule has 1 unspecified atom stereocenters. The fourth-order valence-corrected chi connectivity index (χ4v) is 3.66. The number of halogens is 4. The van der Waals surface area contributed by atoms with Gasteiger partial charge in [-0.15, -0.1) is 0 Å². The fraction of sp³-hybridized carbons (Fsp3) is 0.364. The number of ether oxygens (including phenoxy) is 1. The molecule has 2 rings (SSSR count). The minimum Gasteiger partial charge on any atom is -0.494 e. The molecule has 1 amide bonds. The number of benzene rings is 2. The molecular weight excluding hydrogens is 557 g/mol. The Balaban J connectivity index is 1.91. The molecule has 0 aromatic heterocycles. The Morgan fingerprint density at radius 2 is 1.81 bits per heavy atom. The maximum absolute atomic E-state index is 12.6. The first-order valence-electron chi connectivity index (χ1n) is 10.1. The van der Waals surface area contributed by atoms with Crippen molar-refractivity contribution >= 4 is 79.7 Å². The van der Waals surface area contributed by atoms with E-state index in [1.807, 2.05) is 30.3 Å². The Morgan fingerprint density at radius 1 is 1.09 bits per heavy atom. The van der Waals surface area contributed by atoms with Gasteiger partial charge < -0.3 is 20.7 Å². The lowest BCUT2D eigenvalue weighted by molar-refractivity contribution is 0.0934. The molecule has 0 bridgehead atoms. The summed E-state index contributed by atoms with van der Waals surface area (Å²) < 4.78 is 4.65. The van der Waals surface area contributed by atoms with Crippen LogP contribution in [0.2, 0.25) is 0 Å². The molecular formula is C22H25BrCl3N3O2S. The average Bonchev–Trinajstić information content (AvgIpc) is 2.73. The van der Waals surface area contributed by atoms with E-state index in [2.05, 4.69) is 38.8 Å². The van der Waals surface area contributed by atoms with E-state index in [1.54, 1.807) is 18.2 Å². The van der Waals surface area contributed by atoms with Crippen LogP contribution in [0.3, 0.4) is 0 Å². The largest absolute Gasteiger partial charge is 0.494 e. The molecule has 10 heteroatoms. The highest BCUT2D eigenvalue weighted by Gasteiger charge is 2.35. The number of nitrogens with one attached hydrogen (secondary N) is 3. The number of hydrogen-bond donors (Lipinski definition) is 3. The predicted molar refractivity (Wildman–Crippen MR) is 141 cm³/mol. The molecule has 2 aromatic carbocycles. The molecule has 5 nitrogen and oxygen atoms in total. The van der Waals surface area contributed by atoms with Gasteiger partial charge in [0, 0.05) is 15.7 Å². The second-order valence-corrected chi connectivity index (χ2v) is 10.7. The number of carbonyl (C=O) groups excluding carboxylic acids is 1. The van der Waals surface area contributed by atoms with Crippen LogP contribution < -0.4 is 20.7 Å². The highest BCUT2D eigenvalue weighted by Crippen LogP contribution is 2.29. The highest BCUT2D eigenvalue weighted by atomic mass is 79.9. The maximum Gasteiger partial charge on any atom is 0.253 e. The van der Waals surface area contributed by atoms with Gasteiger partial charge in [0.15, 0.2) is 5.11 Å². The summed E-state index contributed by atoms with van der Waals surface area (Å²) in [7, 11) is 0. The Morgan fingerprint density at radius 3 is 2.44 bits per heavy atom. The molecule has 0 fully saturated rings. The monoisotopic (exact) mass is 579 g/mol. The fourth-order valence-electron chi connectivity index (χ4n) is 2.70. The van der Waals surface area contributed by atoms with Gasteiger partial charge in [-0.05, 0) is 61.1 Å². The molecule has 3 N–H and O–H groups in total. The Hall–Kier alpha value is -1.25. The van der Waals surface area contributed by atoms with Crippen molar-refractivity contribution in [3.05, 3.63) is 58.6 Å². The number of unbranched alkanes of at least 4 members (excludes halogenated alkanes) is 3. The number of rotatable bonds is 10. The minimum atomic E-state index is -1.84. The molecule has 0 saturated heterocycles. The van der Waals surface area contributed by atoms with Crippen LogP contribution in [-0.4, -0.2) is 27.6 Å². The lowest BCUT2D eigenvalue weighted by Crippen LogP contribution is -2.56. The summed E-state index contributed by atoms with van der Waals surface area (Å²) >= 11 is 26.8. The van der Waals surface area contributed by atoms with Gasteiger partial charge in [-0.3, -0.25) is 4.79 Å². The molecule has 174 valence electrons. The Bertz CT molecular complexity index is 895. The minimum absolute atomic E-state index is 0.184. The second-order valence-electron chi connectivity index (χ2n) is 6.99. The molecule has 0 radical (unpaired) electrons. The van der Waals surface area contributed by atoms with E-state index in [4.69, 9.17) is 51.8 Å². The summed E-state index contributed by atoms with van der Waals surface area (Å²) in [6, 6.07) is 14.2. The van der Waals surface area contributed by atoms with E-state index in [1.165, 1.54) is 19.3 Å². The summed E-state index contributed by atoms with van der Waals surface area (Å²) in [6.07, 6.45) is 3.55. The third kappa shape index (κ3) is 9.71. The average molecular weight is 582 g/mol. The molecule has 0 aliphatic carbocycles. The number of alkyl halides is 3. The normalized spacial score (nSPS) is 12.0. The van der Waals surface area contributed by atoms with Crippen LogP contribution in [0.25, 0.3) is 0 Å². The van der Waals surface area contributed by atoms with Crippen LogP contribution in [0.5, 0.6) is 5.75 Å². The topological polar surface area (TPSA) is 62.4 Å². The lowest BCUT2D eigenvalue weighted by Gasteiger charge is -2.27. The summed E-state index contributed by atoms with van der Waals surface area (Å²) in [5, 5.41) is 8.68. The summed E-state index contributed by atoms with van der Waals surface area (Å²) in [5.74, 6) is 0.366. The zero-order valence-corrected chi connectivity index (χ0v) is 22.1. The number of carbonyl (C=O) groups is 1. The van der Waals surface area contributed by atoms with E-state index < -0.39 is 15.9 Å². The van der Waals surface area contributed by atoms with Crippen LogP contribution >= 0.6 is 63.0 Å². The lowest BCUT2D eigenvalue weighted by atomic mass is 10.2. The van der Waals surface area contributed by atoms with Gasteiger partial charge in [0.1, 0.15) is 11.9 Å². The van der Waals surface area contributed by atoms with E-state index in [9.17, 15) is 4.79 Å². The number of amides is 1. The van der Waals surface area contributed by atoms with Crippen LogP contribution in [0.1, 0.15) is 43.0 Å². The van der Waals surface area contributed by atoms with Crippen LogP contribution in [0, 0.1) is 0 Å². The third-order valence-electron chi connectivity index (χ3n) is 4.34. The van der Waals surface area contributed by atoms with Crippen LogP contribution in [-0.2, 0) is 0 Å². The summed E-state index contributed by atoms with van der Waals surface area (Å²) in [4.78, 5) is 12.6. The zero-order valence-electron chi connectivity index (χ0n) is 17.5. The third-order valence-corrected chi connectivity index (χ3v) is 5.71. The quantitative estimate of drug-likeness (QED) is 0.124. The molecule has 0 aliphatic heterocycles. The van der Waals surface area contributed by atoms with Crippen LogP contribution in [0.4, 0.5) is 5.69 Å². The number of anilines is 1. The first-order chi connectivity index (χ1) is 15.2. The molecule has 1 atom stereocenters. The molecule has 2 aromatic rings. The van der Waals surface area contributed by atoms with Crippen molar-refractivity contribution in [3.8, 4) is 5.75 Å². The van der Waals surface area contributed by atoms with Crippen molar-refractivity contribution in [2.75, 3.05) is 11.9 Å². The van der Waals surface area contributed by atoms with Crippen molar-refractivity contribution < 1.29 is 9.53 Å². The highest BCUT2D eigenvalue weighted by molar-refractivity contribution is 9.10. The Kier molecular flexibility index (Phi) is 11.4. The van der Waals surface area contributed by atoms with Gasteiger partial charge in [-0.1, -0.05) is 83.0 Å². The van der Waals surface area contributed by atoms with Gasteiger partial charge in [-0.2, -0.15) is 0 Å². The van der Waals surface area contributed by atoms with Gasteiger partial charge in [0.05, 0.1) is 6.61 Å². The van der Waals surface area contributed by atoms with E-state index in [0.29, 0.717) is 12.2 Å². The SMILES string of the molecule is CCCCCCOc1ccc(NC(=S)NC(NC(=O)c2cccc(Br)c2)C(Cl)(Cl)Cl)cc1. The van der Waals surface area contributed by atoms with E-state index in [0.717, 1.165) is 22.3 Å². The van der Waals surface area contributed by atoms with Crippen molar-refractivity contribution in [1.29, 1.82) is 0 Å². The van der Waals surface area contributed by atoms with Crippen molar-refractivity contribution in [3.63, 3.8) is 0 Å². The summed E-state index contributed by atoms with van der Waals surface area (Å²) in [5.41, 5.74) is 1.13. The molecule has 0 heterocycles. The van der Waals surface area contributed by atoms with Crippen molar-refractivity contribution in [2.24, 2.45) is 0 Å². The smallest absolute Gasteiger partial charge is 0.253 e.